The van der Waals surface area contributed by atoms with Gasteiger partial charge in [-0.05, 0) is 54.1 Å². The third-order valence-corrected chi connectivity index (χ3v) is 6.59. The number of nitrogens with zero attached hydrogens (tertiary/aromatic N) is 3. The van der Waals surface area contributed by atoms with Gasteiger partial charge in [-0.25, -0.2) is 0 Å². The highest BCUT2D eigenvalue weighted by Crippen LogP contribution is 2.26. The first-order valence-corrected chi connectivity index (χ1v) is 12.4. The van der Waals surface area contributed by atoms with Crippen LogP contribution in [0.2, 0.25) is 0 Å². The summed E-state index contributed by atoms with van der Waals surface area (Å²) >= 11 is 0. The lowest BCUT2D eigenvalue weighted by atomic mass is 10.0. The molecule has 1 atom stereocenters. The van der Waals surface area contributed by atoms with E-state index in [4.69, 9.17) is 9.47 Å². The molecule has 1 saturated heterocycles. The lowest BCUT2D eigenvalue weighted by molar-refractivity contribution is -0.123. The summed E-state index contributed by atoms with van der Waals surface area (Å²) in [6.07, 6.45) is 0. The minimum absolute atomic E-state index is 0.0274. The van der Waals surface area contributed by atoms with Gasteiger partial charge in [0.1, 0.15) is 11.5 Å². The van der Waals surface area contributed by atoms with Crippen LogP contribution in [0.5, 0.6) is 11.5 Å². The number of ether oxygens (including phenoxy) is 2. The second kappa shape index (κ2) is 12.3. The van der Waals surface area contributed by atoms with Gasteiger partial charge in [0.2, 0.25) is 0 Å². The van der Waals surface area contributed by atoms with E-state index in [2.05, 4.69) is 68.5 Å². The molecule has 3 aromatic carbocycles. The lowest BCUT2D eigenvalue weighted by Gasteiger charge is -2.40. The molecule has 0 aliphatic carbocycles. The van der Waals surface area contributed by atoms with Crippen LogP contribution in [-0.2, 0) is 4.79 Å². The van der Waals surface area contributed by atoms with Crippen molar-refractivity contribution in [2.45, 2.75) is 6.04 Å². The summed E-state index contributed by atoms with van der Waals surface area (Å²) in [4.78, 5) is 19.6. The van der Waals surface area contributed by atoms with Crippen LogP contribution in [0.15, 0.2) is 78.9 Å². The average molecular weight is 489 g/mol. The summed E-state index contributed by atoms with van der Waals surface area (Å²) in [6.45, 7) is 4.24. The third-order valence-electron chi connectivity index (χ3n) is 6.59. The number of anilines is 2. The van der Waals surface area contributed by atoms with Crippen molar-refractivity contribution in [3.8, 4) is 11.5 Å². The first-order chi connectivity index (χ1) is 17.5. The molecule has 1 heterocycles. The number of para-hydroxylation sites is 1. The van der Waals surface area contributed by atoms with E-state index in [9.17, 15) is 4.79 Å². The maximum atomic E-state index is 12.6. The highest BCUT2D eigenvalue weighted by atomic mass is 16.5. The predicted octanol–water partition coefficient (Wildman–Crippen LogP) is 3.82. The van der Waals surface area contributed by atoms with Crippen LogP contribution in [0, 0.1) is 0 Å². The molecule has 0 bridgehead atoms. The quantitative estimate of drug-likeness (QED) is 0.468. The molecule has 1 fully saturated rings. The number of nitrogens with one attached hydrogen (secondary N) is 1. The Labute approximate surface area is 214 Å². The number of amides is 1. The maximum absolute atomic E-state index is 12.6. The molecule has 0 spiro atoms. The zero-order valence-electron chi connectivity index (χ0n) is 21.4. The van der Waals surface area contributed by atoms with Crippen molar-refractivity contribution in [1.29, 1.82) is 0 Å². The van der Waals surface area contributed by atoms with Crippen molar-refractivity contribution >= 4 is 17.3 Å². The van der Waals surface area contributed by atoms with Crippen LogP contribution in [0.1, 0.15) is 11.6 Å². The van der Waals surface area contributed by atoms with Gasteiger partial charge < -0.3 is 24.6 Å². The maximum Gasteiger partial charge on any atom is 0.258 e. The number of carbonyl (C=O) groups excluding carboxylic acids is 1. The van der Waals surface area contributed by atoms with E-state index in [0.717, 1.165) is 37.6 Å². The predicted molar refractivity (Wildman–Crippen MR) is 145 cm³/mol. The molecule has 1 aliphatic heterocycles. The largest absolute Gasteiger partial charge is 0.497 e. The van der Waals surface area contributed by atoms with E-state index in [0.29, 0.717) is 12.3 Å². The summed E-state index contributed by atoms with van der Waals surface area (Å²) in [5, 5.41) is 3.10. The Morgan fingerprint density at radius 3 is 2.14 bits per heavy atom. The standard InChI is InChI=1S/C29H36N4O3/c1-31(2)24-11-9-23(10-12-24)28(33-19-17-32(18-20-33)25-7-5-4-6-8-25)21-30-29(34)22-36-27-15-13-26(35-3)14-16-27/h4-16,28H,17-22H2,1-3H3,(H,30,34)/t28-/m0/s1. The Morgan fingerprint density at radius 2 is 1.53 bits per heavy atom. The van der Waals surface area contributed by atoms with Gasteiger partial charge in [0.15, 0.2) is 6.61 Å². The lowest BCUT2D eigenvalue weighted by Crippen LogP contribution is -2.50. The summed E-state index contributed by atoms with van der Waals surface area (Å²) in [5.74, 6) is 1.25. The fourth-order valence-corrected chi connectivity index (χ4v) is 4.47. The molecular formula is C29H36N4O3. The number of hydrogen-bond donors (Lipinski definition) is 1. The van der Waals surface area contributed by atoms with Crippen LogP contribution in [0.4, 0.5) is 11.4 Å². The van der Waals surface area contributed by atoms with E-state index in [1.54, 1.807) is 19.2 Å². The van der Waals surface area contributed by atoms with Crippen LogP contribution < -0.4 is 24.6 Å². The highest BCUT2D eigenvalue weighted by Gasteiger charge is 2.26. The van der Waals surface area contributed by atoms with Crippen LogP contribution >= 0.6 is 0 Å². The zero-order chi connectivity index (χ0) is 25.3. The molecule has 1 amide bonds. The van der Waals surface area contributed by atoms with Crippen molar-refractivity contribution in [1.82, 2.24) is 10.2 Å². The zero-order valence-corrected chi connectivity index (χ0v) is 21.4. The number of methoxy groups -OCH3 is 1. The van der Waals surface area contributed by atoms with E-state index >= 15 is 0 Å². The second-order valence-electron chi connectivity index (χ2n) is 9.13. The number of hydrogen-bond acceptors (Lipinski definition) is 6. The third kappa shape index (κ3) is 6.70. The first kappa shape index (κ1) is 25.4. The van der Waals surface area contributed by atoms with Gasteiger partial charge in [0.25, 0.3) is 5.91 Å². The minimum atomic E-state index is -0.136. The Balaban J connectivity index is 1.38. The molecule has 0 radical (unpaired) electrons. The van der Waals surface area contributed by atoms with Gasteiger partial charge in [-0.15, -0.1) is 0 Å². The minimum Gasteiger partial charge on any atom is -0.497 e. The van der Waals surface area contributed by atoms with Crippen molar-refractivity contribution < 1.29 is 14.3 Å². The Kier molecular flexibility index (Phi) is 8.68. The monoisotopic (exact) mass is 488 g/mol. The summed E-state index contributed by atoms with van der Waals surface area (Å²) in [5.41, 5.74) is 3.61. The molecule has 4 rings (SSSR count). The molecule has 7 nitrogen and oxygen atoms in total. The smallest absolute Gasteiger partial charge is 0.258 e. The van der Waals surface area contributed by atoms with Gasteiger partial charge >= 0.3 is 0 Å². The molecule has 36 heavy (non-hydrogen) atoms. The van der Waals surface area contributed by atoms with E-state index in [-0.39, 0.29) is 18.6 Å². The first-order valence-electron chi connectivity index (χ1n) is 12.4. The Morgan fingerprint density at radius 1 is 0.889 bits per heavy atom. The van der Waals surface area contributed by atoms with Crippen molar-refractivity contribution in [3.63, 3.8) is 0 Å². The van der Waals surface area contributed by atoms with Gasteiger partial charge in [-0.1, -0.05) is 30.3 Å². The summed E-state index contributed by atoms with van der Waals surface area (Å²) in [6, 6.07) is 26.5. The Bertz CT molecular complexity index is 1080. The van der Waals surface area contributed by atoms with Gasteiger partial charge in [-0.2, -0.15) is 0 Å². The number of rotatable bonds is 10. The van der Waals surface area contributed by atoms with Crippen molar-refractivity contribution in [3.05, 3.63) is 84.4 Å². The fourth-order valence-electron chi connectivity index (χ4n) is 4.47. The van der Waals surface area contributed by atoms with Gasteiger partial charge in [0.05, 0.1) is 13.2 Å². The number of benzene rings is 3. The van der Waals surface area contributed by atoms with E-state index < -0.39 is 0 Å². The van der Waals surface area contributed by atoms with Crippen molar-refractivity contribution in [2.75, 3.05) is 70.3 Å². The molecule has 7 heteroatoms. The second-order valence-corrected chi connectivity index (χ2v) is 9.13. The highest BCUT2D eigenvalue weighted by molar-refractivity contribution is 5.77. The molecule has 3 aromatic rings. The van der Waals surface area contributed by atoms with E-state index in [1.807, 2.05) is 32.3 Å². The van der Waals surface area contributed by atoms with Crippen LogP contribution in [0.25, 0.3) is 0 Å². The molecule has 190 valence electrons. The molecule has 1 aliphatic rings. The van der Waals surface area contributed by atoms with Crippen molar-refractivity contribution in [2.24, 2.45) is 0 Å². The molecule has 0 saturated carbocycles. The molecular weight excluding hydrogens is 452 g/mol. The molecule has 1 N–H and O–H groups in total. The molecule has 0 unspecified atom stereocenters. The van der Waals surface area contributed by atoms with E-state index in [1.165, 1.54) is 11.3 Å². The van der Waals surface area contributed by atoms with Crippen LogP contribution in [-0.4, -0.2) is 71.3 Å². The fraction of sp³-hybridized carbons (Fsp3) is 0.345. The average Bonchev–Trinajstić information content (AvgIpc) is 2.93. The van der Waals surface area contributed by atoms with Gasteiger partial charge in [0, 0.05) is 58.2 Å². The Hall–Kier alpha value is -3.71. The summed E-state index contributed by atoms with van der Waals surface area (Å²) < 4.78 is 10.8. The topological polar surface area (TPSA) is 57.3 Å². The summed E-state index contributed by atoms with van der Waals surface area (Å²) in [7, 11) is 5.70. The number of piperazine rings is 1. The van der Waals surface area contributed by atoms with Gasteiger partial charge in [-0.3, -0.25) is 9.69 Å². The molecule has 0 aromatic heterocycles. The number of carbonyl (C=O) groups is 1. The normalized spacial score (nSPS) is 14.7. The SMILES string of the molecule is COc1ccc(OCC(=O)NC[C@@H](c2ccc(N(C)C)cc2)N2CCN(c3ccccc3)CC2)cc1. The van der Waals surface area contributed by atoms with Crippen LogP contribution in [0.3, 0.4) is 0 Å².